The summed E-state index contributed by atoms with van der Waals surface area (Å²) in [6.07, 6.45) is 1.80. The second-order valence-electron chi connectivity index (χ2n) is 6.46. The van der Waals surface area contributed by atoms with Crippen LogP contribution in [0.25, 0.3) is 5.52 Å². The first-order valence-corrected chi connectivity index (χ1v) is 8.51. The topological polar surface area (TPSA) is 58.8 Å². The minimum atomic E-state index is -1.27. The van der Waals surface area contributed by atoms with E-state index >= 15 is 0 Å². The summed E-state index contributed by atoms with van der Waals surface area (Å²) < 4.78 is 15.5. The van der Waals surface area contributed by atoms with Gasteiger partial charge in [0, 0.05) is 12.6 Å². The van der Waals surface area contributed by atoms with Crippen LogP contribution >= 0.6 is 11.6 Å². The Morgan fingerprint density at radius 2 is 2.00 bits per heavy atom. The van der Waals surface area contributed by atoms with Crippen LogP contribution in [-0.4, -0.2) is 15.5 Å². The predicted octanol–water partition coefficient (Wildman–Crippen LogP) is 4.50. The third-order valence-electron chi connectivity index (χ3n) is 4.33. The van der Waals surface area contributed by atoms with Crippen molar-refractivity contribution in [1.82, 2.24) is 4.40 Å². The van der Waals surface area contributed by atoms with Gasteiger partial charge in [-0.25, -0.2) is 9.18 Å². The van der Waals surface area contributed by atoms with Crippen molar-refractivity contribution >= 4 is 23.1 Å². The largest absolute Gasteiger partial charge is 0.477 e. The summed E-state index contributed by atoms with van der Waals surface area (Å²) >= 11 is 5.82. The molecule has 2 heterocycles. The lowest BCUT2D eigenvalue weighted by Crippen LogP contribution is -2.23. The number of fused-ring (bicyclic) bond motifs is 1. The molecule has 3 rings (SSSR count). The lowest BCUT2D eigenvalue weighted by molar-refractivity contribution is 0.0694. The van der Waals surface area contributed by atoms with Crippen molar-refractivity contribution in [3.05, 3.63) is 86.0 Å². The van der Waals surface area contributed by atoms with Gasteiger partial charge in [0.25, 0.3) is 5.56 Å². The van der Waals surface area contributed by atoms with E-state index in [1.807, 2.05) is 13.8 Å². The van der Waals surface area contributed by atoms with Crippen LogP contribution in [-0.2, 0) is 6.42 Å². The molecule has 6 heteroatoms. The fraction of sp³-hybridized carbons (Fsp3) is 0.200. The molecule has 26 heavy (non-hydrogen) atoms. The number of benzene rings is 1. The predicted molar refractivity (Wildman–Crippen MR) is 98.9 cm³/mol. The molecule has 4 nitrogen and oxygen atoms in total. The van der Waals surface area contributed by atoms with E-state index in [1.54, 1.807) is 30.5 Å². The van der Waals surface area contributed by atoms with Crippen LogP contribution in [0.15, 0.2) is 47.4 Å². The Balaban J connectivity index is 2.19. The van der Waals surface area contributed by atoms with Crippen LogP contribution in [0.1, 0.15) is 46.8 Å². The fourth-order valence-electron chi connectivity index (χ4n) is 2.99. The fourth-order valence-corrected chi connectivity index (χ4v) is 3.19. The first-order valence-electron chi connectivity index (χ1n) is 8.14. The number of aromatic carboxylic acids is 1. The van der Waals surface area contributed by atoms with Crippen molar-refractivity contribution in [2.75, 3.05) is 0 Å². The number of nitrogens with zero attached hydrogens (tertiary/aromatic N) is 1. The van der Waals surface area contributed by atoms with E-state index in [9.17, 15) is 19.1 Å². The number of halogens is 2. The second-order valence-corrected chi connectivity index (χ2v) is 6.87. The molecule has 0 aliphatic heterocycles. The smallest absolute Gasteiger partial charge is 0.341 e. The number of pyridine rings is 2. The van der Waals surface area contributed by atoms with Gasteiger partial charge < -0.3 is 5.11 Å². The van der Waals surface area contributed by atoms with Crippen molar-refractivity contribution in [2.45, 2.75) is 26.2 Å². The molecule has 1 N–H and O–H groups in total. The number of rotatable bonds is 4. The number of carboxylic acid groups (broad SMARTS) is 1. The molecule has 0 atom stereocenters. The van der Waals surface area contributed by atoms with Gasteiger partial charge in [-0.05, 0) is 40.8 Å². The van der Waals surface area contributed by atoms with Crippen molar-refractivity contribution in [2.24, 2.45) is 0 Å². The van der Waals surface area contributed by atoms with Gasteiger partial charge in [0.1, 0.15) is 11.4 Å². The Kier molecular flexibility index (Phi) is 4.83. The van der Waals surface area contributed by atoms with Crippen molar-refractivity contribution in [1.29, 1.82) is 0 Å². The maximum absolute atomic E-state index is 14.1. The van der Waals surface area contributed by atoms with Gasteiger partial charge >= 0.3 is 5.97 Å². The highest BCUT2D eigenvalue weighted by Gasteiger charge is 2.17. The molecule has 0 aliphatic rings. The summed E-state index contributed by atoms with van der Waals surface area (Å²) in [5.41, 5.74) is 1.61. The molecule has 0 bridgehead atoms. The number of aromatic nitrogens is 1. The third-order valence-corrected chi connectivity index (χ3v) is 4.63. The van der Waals surface area contributed by atoms with E-state index in [-0.39, 0.29) is 22.9 Å². The summed E-state index contributed by atoms with van der Waals surface area (Å²) in [7, 11) is 0. The molecule has 0 unspecified atom stereocenters. The third kappa shape index (κ3) is 3.22. The molecule has 3 aromatic rings. The molecule has 0 aliphatic carbocycles. The Morgan fingerprint density at radius 3 is 2.65 bits per heavy atom. The highest BCUT2D eigenvalue weighted by molar-refractivity contribution is 6.30. The first-order chi connectivity index (χ1) is 12.3. The van der Waals surface area contributed by atoms with Crippen LogP contribution in [0, 0.1) is 5.82 Å². The molecule has 1 aromatic carbocycles. The molecular formula is C20H17ClFNO3. The van der Waals surface area contributed by atoms with E-state index in [4.69, 9.17) is 11.6 Å². The Labute approximate surface area is 154 Å². The number of hydrogen-bond acceptors (Lipinski definition) is 2. The van der Waals surface area contributed by atoms with Gasteiger partial charge in [-0.15, -0.1) is 0 Å². The highest BCUT2D eigenvalue weighted by Crippen LogP contribution is 2.23. The molecule has 0 amide bonds. The van der Waals surface area contributed by atoms with Gasteiger partial charge in [-0.2, -0.15) is 0 Å². The minimum Gasteiger partial charge on any atom is -0.477 e. The molecule has 0 fully saturated rings. The zero-order valence-electron chi connectivity index (χ0n) is 14.3. The lowest BCUT2D eigenvalue weighted by atomic mass is 9.99. The molecular weight excluding hydrogens is 357 g/mol. The molecule has 0 spiro atoms. The molecule has 0 saturated heterocycles. The van der Waals surface area contributed by atoms with Crippen molar-refractivity contribution in [3.63, 3.8) is 0 Å². The molecule has 134 valence electrons. The zero-order valence-corrected chi connectivity index (χ0v) is 15.0. The first kappa shape index (κ1) is 18.1. The standard InChI is InChI=1S/C20H17ClFNO3/c1-11(2)14-9-15(20(25)26)19(24)23-10-12(6-7-17(14)23)8-13-4-3-5-16(21)18(13)22/h3-7,9-11H,8H2,1-2H3,(H,25,26). The quantitative estimate of drug-likeness (QED) is 0.732. The van der Waals surface area contributed by atoms with Crippen LogP contribution in [0.4, 0.5) is 4.39 Å². The van der Waals surface area contributed by atoms with Crippen LogP contribution in [0.3, 0.4) is 0 Å². The summed E-state index contributed by atoms with van der Waals surface area (Å²) in [5, 5.41) is 9.36. The van der Waals surface area contributed by atoms with E-state index in [0.717, 1.165) is 5.56 Å². The summed E-state index contributed by atoms with van der Waals surface area (Å²) in [6.45, 7) is 3.86. The van der Waals surface area contributed by atoms with Crippen LogP contribution in [0.5, 0.6) is 0 Å². The van der Waals surface area contributed by atoms with E-state index < -0.39 is 17.3 Å². The average molecular weight is 374 g/mol. The van der Waals surface area contributed by atoms with Crippen LogP contribution < -0.4 is 5.56 Å². The normalized spacial score (nSPS) is 11.3. The monoisotopic (exact) mass is 373 g/mol. The Morgan fingerprint density at radius 1 is 1.27 bits per heavy atom. The molecule has 2 aromatic heterocycles. The number of carbonyl (C=O) groups is 1. The molecule has 0 saturated carbocycles. The summed E-state index contributed by atoms with van der Waals surface area (Å²) in [5.74, 6) is -1.72. The van der Waals surface area contributed by atoms with Gasteiger partial charge in [0.05, 0.1) is 10.5 Å². The number of carboxylic acids is 1. The average Bonchev–Trinajstić information content (AvgIpc) is 2.59. The summed E-state index contributed by atoms with van der Waals surface area (Å²) in [6, 6.07) is 9.76. The van der Waals surface area contributed by atoms with E-state index in [0.29, 0.717) is 16.6 Å². The lowest BCUT2D eigenvalue weighted by Gasteiger charge is -2.14. The van der Waals surface area contributed by atoms with Gasteiger partial charge in [0.2, 0.25) is 0 Å². The van der Waals surface area contributed by atoms with E-state index in [1.165, 1.54) is 16.5 Å². The zero-order chi connectivity index (χ0) is 19.0. The maximum atomic E-state index is 14.1. The Bertz CT molecular complexity index is 1070. The van der Waals surface area contributed by atoms with Crippen molar-refractivity contribution in [3.8, 4) is 0 Å². The van der Waals surface area contributed by atoms with Gasteiger partial charge in [-0.3, -0.25) is 9.20 Å². The summed E-state index contributed by atoms with van der Waals surface area (Å²) in [4.78, 5) is 24.0. The SMILES string of the molecule is CC(C)c1cc(C(=O)O)c(=O)n2cc(Cc3cccc(Cl)c3F)ccc12. The second kappa shape index (κ2) is 6.92. The Hall–Kier alpha value is -2.66. The van der Waals surface area contributed by atoms with Crippen LogP contribution in [0.2, 0.25) is 5.02 Å². The van der Waals surface area contributed by atoms with Crippen molar-refractivity contribution < 1.29 is 14.3 Å². The highest BCUT2D eigenvalue weighted by atomic mass is 35.5. The van der Waals surface area contributed by atoms with E-state index in [2.05, 4.69) is 0 Å². The van der Waals surface area contributed by atoms with Gasteiger partial charge in [-0.1, -0.05) is 43.6 Å². The maximum Gasteiger partial charge on any atom is 0.341 e. The van der Waals surface area contributed by atoms with Gasteiger partial charge in [0.15, 0.2) is 0 Å². The molecule has 0 radical (unpaired) electrons. The number of hydrogen-bond donors (Lipinski definition) is 1. The minimum absolute atomic E-state index is 0.0377.